The van der Waals surface area contributed by atoms with Crippen molar-refractivity contribution >= 4 is 11.6 Å². The third-order valence-electron chi connectivity index (χ3n) is 1.44. The van der Waals surface area contributed by atoms with Crippen LogP contribution in [-0.4, -0.2) is 5.11 Å². The second kappa shape index (κ2) is 3.27. The van der Waals surface area contributed by atoms with Crippen LogP contribution in [0.4, 0.5) is 22.0 Å². The van der Waals surface area contributed by atoms with E-state index in [1.165, 1.54) is 0 Å². The zero-order valence-electron chi connectivity index (χ0n) is 6.29. The SMILES string of the molecule is Oc1c(Cl)cc(C(F)(F)F)c(F)c1F. The molecule has 0 saturated carbocycles. The van der Waals surface area contributed by atoms with Gasteiger partial charge in [0.15, 0.2) is 11.6 Å². The molecule has 1 rings (SSSR count). The van der Waals surface area contributed by atoms with Crippen LogP contribution in [0.1, 0.15) is 5.56 Å². The smallest absolute Gasteiger partial charge is 0.419 e. The van der Waals surface area contributed by atoms with Crippen LogP contribution in [0.5, 0.6) is 5.75 Å². The minimum Gasteiger partial charge on any atom is -0.504 e. The van der Waals surface area contributed by atoms with Gasteiger partial charge in [-0.3, -0.25) is 0 Å². The first-order chi connectivity index (χ1) is 6.25. The molecule has 0 aliphatic carbocycles. The van der Waals surface area contributed by atoms with Gasteiger partial charge in [-0.1, -0.05) is 11.6 Å². The molecule has 0 heterocycles. The van der Waals surface area contributed by atoms with E-state index >= 15 is 0 Å². The third-order valence-corrected chi connectivity index (χ3v) is 1.73. The predicted octanol–water partition coefficient (Wildman–Crippen LogP) is 3.34. The van der Waals surface area contributed by atoms with E-state index in [9.17, 15) is 22.0 Å². The number of aromatic hydroxyl groups is 1. The molecule has 0 spiro atoms. The summed E-state index contributed by atoms with van der Waals surface area (Å²) in [6, 6.07) is 0.120. The number of phenolic OH excluding ortho intramolecular Hbond substituents is 1. The summed E-state index contributed by atoms with van der Waals surface area (Å²) in [6.07, 6.45) is -5.05. The van der Waals surface area contributed by atoms with E-state index in [1.54, 1.807) is 0 Å². The van der Waals surface area contributed by atoms with E-state index in [0.29, 0.717) is 0 Å². The quantitative estimate of drug-likeness (QED) is 0.537. The first-order valence-corrected chi connectivity index (χ1v) is 3.56. The monoisotopic (exact) mass is 232 g/mol. The lowest BCUT2D eigenvalue weighted by Gasteiger charge is -2.09. The van der Waals surface area contributed by atoms with Crippen LogP contribution >= 0.6 is 11.6 Å². The number of hydrogen-bond acceptors (Lipinski definition) is 1. The third kappa shape index (κ3) is 1.75. The highest BCUT2D eigenvalue weighted by atomic mass is 35.5. The number of halogens is 6. The van der Waals surface area contributed by atoms with Crippen molar-refractivity contribution in [1.82, 2.24) is 0 Å². The van der Waals surface area contributed by atoms with Crippen molar-refractivity contribution in [3.8, 4) is 5.75 Å². The van der Waals surface area contributed by atoms with Gasteiger partial charge in [0.05, 0.1) is 10.6 Å². The highest BCUT2D eigenvalue weighted by Gasteiger charge is 2.37. The average molecular weight is 233 g/mol. The summed E-state index contributed by atoms with van der Waals surface area (Å²) in [5.41, 5.74) is -1.85. The molecular formula is C7H2ClF5O. The fraction of sp³-hybridized carbons (Fsp3) is 0.143. The van der Waals surface area contributed by atoms with Crippen LogP contribution in [0.3, 0.4) is 0 Å². The number of rotatable bonds is 0. The van der Waals surface area contributed by atoms with Crippen molar-refractivity contribution < 1.29 is 27.1 Å². The Labute approximate surface area is 79.7 Å². The first kappa shape index (κ1) is 11.0. The maximum Gasteiger partial charge on any atom is 0.419 e. The molecule has 0 radical (unpaired) electrons. The summed E-state index contributed by atoms with van der Waals surface area (Å²) in [7, 11) is 0. The largest absolute Gasteiger partial charge is 0.504 e. The second-order valence-corrected chi connectivity index (χ2v) is 2.79. The Hall–Kier alpha value is -1.04. The van der Waals surface area contributed by atoms with Crippen LogP contribution in [0, 0.1) is 11.6 Å². The zero-order chi connectivity index (χ0) is 11.1. The Morgan fingerprint density at radius 1 is 1.14 bits per heavy atom. The summed E-state index contributed by atoms with van der Waals surface area (Å²) >= 11 is 5.04. The molecule has 0 aliphatic rings. The van der Waals surface area contributed by atoms with Crippen LogP contribution in [-0.2, 0) is 6.18 Å². The Kier molecular flexibility index (Phi) is 2.58. The highest BCUT2D eigenvalue weighted by Crippen LogP contribution is 2.38. The number of benzene rings is 1. The zero-order valence-corrected chi connectivity index (χ0v) is 7.05. The maximum absolute atomic E-state index is 12.6. The lowest BCUT2D eigenvalue weighted by atomic mass is 10.2. The average Bonchev–Trinajstić information content (AvgIpc) is 2.06. The molecule has 0 aliphatic heterocycles. The van der Waals surface area contributed by atoms with Gasteiger partial charge in [0.2, 0.25) is 5.82 Å². The lowest BCUT2D eigenvalue weighted by molar-refractivity contribution is -0.140. The lowest BCUT2D eigenvalue weighted by Crippen LogP contribution is -2.09. The second-order valence-electron chi connectivity index (χ2n) is 2.38. The molecular weight excluding hydrogens is 231 g/mol. The minimum atomic E-state index is -5.05. The van der Waals surface area contributed by atoms with Gasteiger partial charge in [-0.25, -0.2) is 4.39 Å². The van der Waals surface area contributed by atoms with Gasteiger partial charge >= 0.3 is 6.18 Å². The summed E-state index contributed by atoms with van der Waals surface area (Å²) < 4.78 is 61.2. The Balaban J connectivity index is 3.49. The predicted molar refractivity (Wildman–Crippen MR) is 38.0 cm³/mol. The molecule has 0 aromatic heterocycles. The molecule has 1 nitrogen and oxygen atoms in total. The molecule has 0 bridgehead atoms. The molecule has 78 valence electrons. The molecule has 1 N–H and O–H groups in total. The number of hydrogen-bond donors (Lipinski definition) is 1. The minimum absolute atomic E-state index is 0.120. The van der Waals surface area contributed by atoms with E-state index in [0.717, 1.165) is 0 Å². The van der Waals surface area contributed by atoms with E-state index in [-0.39, 0.29) is 6.07 Å². The van der Waals surface area contributed by atoms with Crippen molar-refractivity contribution in [3.63, 3.8) is 0 Å². The Bertz CT molecular complexity index is 373. The van der Waals surface area contributed by atoms with Gasteiger partial charge in [-0.2, -0.15) is 17.6 Å². The summed E-state index contributed by atoms with van der Waals surface area (Å²) in [4.78, 5) is 0. The van der Waals surface area contributed by atoms with Crippen molar-refractivity contribution in [2.24, 2.45) is 0 Å². The molecule has 1 aromatic carbocycles. The highest BCUT2D eigenvalue weighted by molar-refractivity contribution is 6.32. The summed E-state index contributed by atoms with van der Waals surface area (Å²) in [5.74, 6) is -5.51. The van der Waals surface area contributed by atoms with Crippen molar-refractivity contribution in [3.05, 3.63) is 28.3 Å². The van der Waals surface area contributed by atoms with Crippen LogP contribution in [0.2, 0.25) is 5.02 Å². The van der Waals surface area contributed by atoms with Gasteiger partial charge < -0.3 is 5.11 Å². The molecule has 14 heavy (non-hydrogen) atoms. The van der Waals surface area contributed by atoms with Crippen molar-refractivity contribution in [2.45, 2.75) is 6.18 Å². The molecule has 7 heteroatoms. The summed E-state index contributed by atoms with van der Waals surface area (Å²) in [5, 5.41) is 7.77. The Morgan fingerprint density at radius 2 is 1.64 bits per heavy atom. The van der Waals surface area contributed by atoms with Crippen molar-refractivity contribution in [1.29, 1.82) is 0 Å². The van der Waals surface area contributed by atoms with E-state index < -0.39 is 34.1 Å². The molecule has 0 saturated heterocycles. The fourth-order valence-corrected chi connectivity index (χ4v) is 0.984. The molecule has 0 amide bonds. The maximum atomic E-state index is 12.6. The molecule has 1 aromatic rings. The van der Waals surface area contributed by atoms with Crippen LogP contribution < -0.4 is 0 Å². The standard InChI is InChI=1S/C7H2ClF5O/c8-3-1-2(7(11,12)13)4(9)5(10)6(3)14/h1,14H. The van der Waals surface area contributed by atoms with Gasteiger partial charge in [-0.15, -0.1) is 0 Å². The first-order valence-electron chi connectivity index (χ1n) is 3.18. The molecule has 0 unspecified atom stereocenters. The molecule has 0 fully saturated rings. The van der Waals surface area contributed by atoms with Gasteiger partial charge in [-0.05, 0) is 6.07 Å². The topological polar surface area (TPSA) is 20.2 Å². The van der Waals surface area contributed by atoms with Gasteiger partial charge in [0.25, 0.3) is 0 Å². The van der Waals surface area contributed by atoms with Crippen LogP contribution in [0.25, 0.3) is 0 Å². The number of alkyl halides is 3. The van der Waals surface area contributed by atoms with E-state index in [2.05, 4.69) is 0 Å². The normalized spacial score (nSPS) is 11.9. The summed E-state index contributed by atoms with van der Waals surface area (Å²) in [6.45, 7) is 0. The number of phenols is 1. The van der Waals surface area contributed by atoms with Gasteiger partial charge in [0.1, 0.15) is 0 Å². The molecule has 0 atom stereocenters. The van der Waals surface area contributed by atoms with Crippen molar-refractivity contribution in [2.75, 3.05) is 0 Å². The van der Waals surface area contributed by atoms with Crippen LogP contribution in [0.15, 0.2) is 6.07 Å². The van der Waals surface area contributed by atoms with E-state index in [4.69, 9.17) is 16.7 Å². The fourth-order valence-electron chi connectivity index (χ4n) is 0.792. The van der Waals surface area contributed by atoms with E-state index in [1.807, 2.05) is 0 Å². The Morgan fingerprint density at radius 3 is 2.07 bits per heavy atom. The van der Waals surface area contributed by atoms with Gasteiger partial charge in [0, 0.05) is 0 Å².